The molecule has 18 heavy (non-hydrogen) atoms. The van der Waals surface area contributed by atoms with Crippen molar-refractivity contribution in [3.63, 3.8) is 0 Å². The number of nitrogen functional groups attached to an aromatic ring is 1. The van der Waals surface area contributed by atoms with Crippen LogP contribution in [0, 0.1) is 0 Å². The fourth-order valence-corrected chi connectivity index (χ4v) is 2.70. The molecule has 0 unspecified atom stereocenters. The maximum Gasteiger partial charge on any atom is 0.144 e. The van der Waals surface area contributed by atoms with E-state index in [9.17, 15) is 0 Å². The lowest BCUT2D eigenvalue weighted by molar-refractivity contribution is 0.342. The van der Waals surface area contributed by atoms with E-state index in [0.29, 0.717) is 12.6 Å². The lowest BCUT2D eigenvalue weighted by atomic mass is 9.94. The highest BCUT2D eigenvalue weighted by Gasteiger charge is 2.18. The third-order valence-electron chi connectivity index (χ3n) is 3.83. The van der Waals surface area contributed by atoms with Crippen LogP contribution in [0.5, 0.6) is 5.75 Å². The molecule has 3 nitrogen and oxygen atoms in total. The number of nitrogens with two attached hydrogens (primary N) is 1. The van der Waals surface area contributed by atoms with E-state index in [-0.39, 0.29) is 0 Å². The zero-order valence-electron chi connectivity index (χ0n) is 11.5. The summed E-state index contributed by atoms with van der Waals surface area (Å²) in [6, 6.07) is 6.76. The Kier molecular flexibility index (Phi) is 4.34. The number of ether oxygens (including phenoxy) is 1. The van der Waals surface area contributed by atoms with E-state index in [0.717, 1.165) is 11.4 Å². The molecule has 0 heterocycles. The molecule has 100 valence electrons. The Hall–Kier alpha value is -1.38. The van der Waals surface area contributed by atoms with E-state index in [2.05, 4.69) is 24.1 Å². The molecule has 0 aliphatic heterocycles. The fraction of sp³-hybridized carbons (Fsp3) is 0.600. The van der Waals surface area contributed by atoms with Gasteiger partial charge in [0, 0.05) is 24.8 Å². The summed E-state index contributed by atoms with van der Waals surface area (Å²) in [6.07, 6.45) is 6.68. The Morgan fingerprint density at radius 3 is 2.67 bits per heavy atom. The summed E-state index contributed by atoms with van der Waals surface area (Å²) in [5, 5.41) is 0. The summed E-state index contributed by atoms with van der Waals surface area (Å²) in [5.74, 6) is 0.803. The van der Waals surface area contributed by atoms with Crippen molar-refractivity contribution in [3.8, 4) is 5.75 Å². The van der Waals surface area contributed by atoms with Gasteiger partial charge >= 0.3 is 0 Å². The number of hydrogen-bond acceptors (Lipinski definition) is 3. The largest absolute Gasteiger partial charge is 0.492 e. The summed E-state index contributed by atoms with van der Waals surface area (Å²) < 4.78 is 5.56. The second-order valence-corrected chi connectivity index (χ2v) is 5.06. The number of hydrogen-bond donors (Lipinski definition) is 1. The highest BCUT2D eigenvalue weighted by atomic mass is 16.5. The molecule has 2 N–H and O–H groups in total. The molecule has 1 aliphatic carbocycles. The summed E-state index contributed by atoms with van der Waals surface area (Å²) >= 11 is 0. The Bertz CT molecular complexity index is 386. The average molecular weight is 248 g/mol. The molecule has 0 atom stereocenters. The van der Waals surface area contributed by atoms with Crippen molar-refractivity contribution in [1.82, 2.24) is 0 Å². The van der Waals surface area contributed by atoms with Gasteiger partial charge in [0.2, 0.25) is 0 Å². The molecule has 0 aromatic heterocycles. The van der Waals surface area contributed by atoms with E-state index in [1.807, 2.05) is 13.0 Å². The first kappa shape index (κ1) is 13.1. The second kappa shape index (κ2) is 5.98. The Labute approximate surface area is 110 Å². The normalized spacial score (nSPS) is 16.6. The van der Waals surface area contributed by atoms with Gasteiger partial charge in [-0.05, 0) is 31.9 Å². The Balaban J connectivity index is 2.13. The van der Waals surface area contributed by atoms with Gasteiger partial charge in [-0.25, -0.2) is 0 Å². The van der Waals surface area contributed by atoms with Crippen molar-refractivity contribution in [2.45, 2.75) is 45.1 Å². The van der Waals surface area contributed by atoms with Crippen molar-refractivity contribution in [2.24, 2.45) is 0 Å². The zero-order valence-corrected chi connectivity index (χ0v) is 11.5. The van der Waals surface area contributed by atoms with Crippen LogP contribution in [0.15, 0.2) is 18.2 Å². The van der Waals surface area contributed by atoms with Gasteiger partial charge < -0.3 is 15.4 Å². The van der Waals surface area contributed by atoms with Crippen LogP contribution in [-0.2, 0) is 0 Å². The molecule has 2 rings (SSSR count). The predicted molar refractivity (Wildman–Crippen MR) is 77.3 cm³/mol. The standard InChI is InChI=1S/C15H24N2O/c1-3-18-15-11-13(9-10-14(15)16)17(2)12-7-5-4-6-8-12/h9-12H,3-8,16H2,1-2H3. The van der Waals surface area contributed by atoms with Crippen LogP contribution in [0.25, 0.3) is 0 Å². The lowest BCUT2D eigenvalue weighted by Crippen LogP contribution is -2.33. The van der Waals surface area contributed by atoms with Gasteiger partial charge in [0.05, 0.1) is 12.3 Å². The van der Waals surface area contributed by atoms with E-state index >= 15 is 0 Å². The van der Waals surface area contributed by atoms with Crippen LogP contribution in [0.2, 0.25) is 0 Å². The van der Waals surface area contributed by atoms with Gasteiger partial charge in [-0.2, -0.15) is 0 Å². The second-order valence-electron chi connectivity index (χ2n) is 5.06. The van der Waals surface area contributed by atoms with Gasteiger partial charge in [-0.3, -0.25) is 0 Å². The number of rotatable bonds is 4. The van der Waals surface area contributed by atoms with Crippen molar-refractivity contribution in [1.29, 1.82) is 0 Å². The van der Waals surface area contributed by atoms with E-state index in [1.165, 1.54) is 37.8 Å². The Morgan fingerprint density at radius 2 is 2.00 bits per heavy atom. The maximum absolute atomic E-state index is 5.91. The van der Waals surface area contributed by atoms with Crippen molar-refractivity contribution < 1.29 is 4.74 Å². The predicted octanol–water partition coefficient (Wildman–Crippen LogP) is 3.44. The summed E-state index contributed by atoms with van der Waals surface area (Å²) in [5.41, 5.74) is 7.84. The summed E-state index contributed by atoms with van der Waals surface area (Å²) in [7, 11) is 2.18. The third-order valence-corrected chi connectivity index (χ3v) is 3.83. The molecule has 0 radical (unpaired) electrons. The molecule has 0 amide bonds. The SMILES string of the molecule is CCOc1cc(N(C)C2CCCCC2)ccc1N. The molecule has 1 saturated carbocycles. The lowest BCUT2D eigenvalue weighted by Gasteiger charge is -2.33. The topological polar surface area (TPSA) is 38.5 Å². The number of nitrogens with zero attached hydrogens (tertiary/aromatic N) is 1. The van der Waals surface area contributed by atoms with Crippen LogP contribution < -0.4 is 15.4 Å². The van der Waals surface area contributed by atoms with Gasteiger partial charge in [0.25, 0.3) is 0 Å². The number of anilines is 2. The fourth-order valence-electron chi connectivity index (χ4n) is 2.70. The smallest absolute Gasteiger partial charge is 0.144 e. The highest BCUT2D eigenvalue weighted by molar-refractivity contribution is 5.62. The third kappa shape index (κ3) is 2.89. The summed E-state index contributed by atoms with van der Waals surface area (Å²) in [6.45, 7) is 2.64. The molecule has 0 bridgehead atoms. The van der Waals surface area contributed by atoms with Gasteiger partial charge in [0.1, 0.15) is 5.75 Å². The first-order valence-electron chi connectivity index (χ1n) is 6.97. The van der Waals surface area contributed by atoms with Gasteiger partial charge in [0.15, 0.2) is 0 Å². The minimum absolute atomic E-state index is 0.654. The van der Waals surface area contributed by atoms with Crippen molar-refractivity contribution >= 4 is 11.4 Å². The van der Waals surface area contributed by atoms with E-state index in [1.54, 1.807) is 0 Å². The highest BCUT2D eigenvalue weighted by Crippen LogP contribution is 2.31. The van der Waals surface area contributed by atoms with Crippen LogP contribution in [0.4, 0.5) is 11.4 Å². The molecular formula is C15H24N2O. The molecule has 3 heteroatoms. The molecule has 0 spiro atoms. The first-order valence-corrected chi connectivity index (χ1v) is 6.97. The minimum Gasteiger partial charge on any atom is -0.492 e. The quantitative estimate of drug-likeness (QED) is 0.830. The van der Waals surface area contributed by atoms with Gasteiger partial charge in [-0.1, -0.05) is 19.3 Å². The maximum atomic E-state index is 5.91. The molecule has 0 saturated heterocycles. The van der Waals surface area contributed by atoms with E-state index < -0.39 is 0 Å². The molecule has 1 fully saturated rings. The Morgan fingerprint density at radius 1 is 1.28 bits per heavy atom. The molecule has 1 aliphatic rings. The monoisotopic (exact) mass is 248 g/mol. The molecule has 1 aromatic carbocycles. The van der Waals surface area contributed by atoms with Crippen LogP contribution in [0.1, 0.15) is 39.0 Å². The molecule has 1 aromatic rings. The summed E-state index contributed by atoms with van der Waals surface area (Å²) in [4.78, 5) is 2.38. The van der Waals surface area contributed by atoms with Crippen molar-refractivity contribution in [2.75, 3.05) is 24.3 Å². The first-order chi connectivity index (χ1) is 8.72. The number of benzene rings is 1. The molecular weight excluding hydrogens is 224 g/mol. The van der Waals surface area contributed by atoms with Crippen LogP contribution >= 0.6 is 0 Å². The van der Waals surface area contributed by atoms with Crippen LogP contribution in [-0.4, -0.2) is 19.7 Å². The zero-order chi connectivity index (χ0) is 13.0. The van der Waals surface area contributed by atoms with Gasteiger partial charge in [-0.15, -0.1) is 0 Å². The van der Waals surface area contributed by atoms with E-state index in [4.69, 9.17) is 10.5 Å². The van der Waals surface area contributed by atoms with Crippen LogP contribution in [0.3, 0.4) is 0 Å². The van der Waals surface area contributed by atoms with Crippen molar-refractivity contribution in [3.05, 3.63) is 18.2 Å². The average Bonchev–Trinajstić information content (AvgIpc) is 2.42. The minimum atomic E-state index is 0.654.